The van der Waals surface area contributed by atoms with Crippen molar-refractivity contribution in [1.29, 1.82) is 0 Å². The first-order chi connectivity index (χ1) is 9.15. The van der Waals surface area contributed by atoms with Crippen LogP contribution in [0.1, 0.15) is 12.5 Å². The van der Waals surface area contributed by atoms with Crippen LogP contribution in [0.2, 0.25) is 10.0 Å². The lowest BCUT2D eigenvalue weighted by atomic mass is 10.2. The summed E-state index contributed by atoms with van der Waals surface area (Å²) in [5.41, 5.74) is 1.08. The van der Waals surface area contributed by atoms with Crippen LogP contribution >= 0.6 is 35.0 Å². The third kappa shape index (κ3) is 3.32. The Kier molecular flexibility index (Phi) is 4.91. The zero-order valence-corrected chi connectivity index (χ0v) is 12.9. The number of nitrogens with one attached hydrogen (secondary N) is 1. The van der Waals surface area contributed by atoms with Crippen molar-refractivity contribution in [3.05, 3.63) is 40.1 Å². The zero-order chi connectivity index (χ0) is 13.8. The SMILES string of the molecule is CCc1c(NC)ncnc1Sc1cc(Cl)ccc1Cl. The monoisotopic (exact) mass is 313 g/mol. The van der Waals surface area contributed by atoms with Crippen molar-refractivity contribution in [2.24, 2.45) is 0 Å². The number of benzene rings is 1. The van der Waals surface area contributed by atoms with E-state index in [1.54, 1.807) is 18.5 Å². The number of halogens is 2. The molecule has 1 aromatic carbocycles. The van der Waals surface area contributed by atoms with Crippen molar-refractivity contribution in [2.75, 3.05) is 12.4 Å². The van der Waals surface area contributed by atoms with E-state index in [0.29, 0.717) is 10.0 Å². The highest BCUT2D eigenvalue weighted by Crippen LogP contribution is 2.36. The number of hydrogen-bond donors (Lipinski definition) is 1. The molecule has 0 atom stereocenters. The topological polar surface area (TPSA) is 37.8 Å². The molecule has 0 fully saturated rings. The van der Waals surface area contributed by atoms with Crippen LogP contribution in [0.4, 0.5) is 5.82 Å². The maximum atomic E-state index is 6.18. The van der Waals surface area contributed by atoms with Gasteiger partial charge in [-0.1, -0.05) is 41.9 Å². The highest BCUT2D eigenvalue weighted by molar-refractivity contribution is 7.99. The Hall–Kier alpha value is -0.970. The van der Waals surface area contributed by atoms with Crippen LogP contribution in [0.3, 0.4) is 0 Å². The molecule has 1 heterocycles. The summed E-state index contributed by atoms with van der Waals surface area (Å²) in [6.07, 6.45) is 2.39. The third-order valence-corrected chi connectivity index (χ3v) is 4.38. The molecule has 0 aliphatic heterocycles. The quantitative estimate of drug-likeness (QED) is 0.841. The van der Waals surface area contributed by atoms with Crippen LogP contribution in [-0.2, 0) is 6.42 Å². The van der Waals surface area contributed by atoms with Gasteiger partial charge in [-0.15, -0.1) is 0 Å². The maximum absolute atomic E-state index is 6.18. The van der Waals surface area contributed by atoms with Gasteiger partial charge in [-0.3, -0.25) is 0 Å². The van der Waals surface area contributed by atoms with E-state index in [0.717, 1.165) is 27.7 Å². The summed E-state index contributed by atoms with van der Waals surface area (Å²) in [7, 11) is 1.85. The van der Waals surface area contributed by atoms with Gasteiger partial charge in [0.1, 0.15) is 17.2 Å². The Balaban J connectivity index is 2.40. The van der Waals surface area contributed by atoms with Gasteiger partial charge in [0.2, 0.25) is 0 Å². The molecule has 1 aromatic heterocycles. The molecule has 0 aliphatic rings. The second kappa shape index (κ2) is 6.46. The van der Waals surface area contributed by atoms with Crippen molar-refractivity contribution >= 4 is 40.8 Å². The lowest BCUT2D eigenvalue weighted by Gasteiger charge is -2.11. The van der Waals surface area contributed by atoms with Gasteiger partial charge in [-0.05, 0) is 24.6 Å². The first-order valence-corrected chi connectivity index (χ1v) is 7.37. The van der Waals surface area contributed by atoms with Gasteiger partial charge in [-0.2, -0.15) is 0 Å². The van der Waals surface area contributed by atoms with Crippen LogP contribution in [0.5, 0.6) is 0 Å². The second-order valence-electron chi connectivity index (χ2n) is 3.79. The number of hydrogen-bond acceptors (Lipinski definition) is 4. The molecule has 19 heavy (non-hydrogen) atoms. The Morgan fingerprint density at radius 3 is 2.74 bits per heavy atom. The Bertz CT molecular complexity index is 590. The molecule has 0 amide bonds. The van der Waals surface area contributed by atoms with Gasteiger partial charge in [0, 0.05) is 22.5 Å². The average molecular weight is 314 g/mol. The summed E-state index contributed by atoms with van der Waals surface area (Å²) in [4.78, 5) is 9.44. The summed E-state index contributed by atoms with van der Waals surface area (Å²) >= 11 is 13.7. The number of rotatable bonds is 4. The van der Waals surface area contributed by atoms with Gasteiger partial charge in [0.15, 0.2) is 0 Å². The Morgan fingerprint density at radius 2 is 2.05 bits per heavy atom. The van der Waals surface area contributed by atoms with E-state index in [9.17, 15) is 0 Å². The molecule has 0 radical (unpaired) electrons. The predicted molar refractivity (Wildman–Crippen MR) is 81.5 cm³/mol. The standard InChI is InChI=1S/C13H13Cl2N3S/c1-3-9-12(16-2)17-7-18-13(9)19-11-6-8(14)4-5-10(11)15/h4-7H,3H2,1-2H3,(H,16,17,18). The lowest BCUT2D eigenvalue weighted by Crippen LogP contribution is -2.01. The van der Waals surface area contributed by atoms with E-state index in [2.05, 4.69) is 22.2 Å². The normalized spacial score (nSPS) is 10.5. The molecule has 0 aliphatic carbocycles. The minimum atomic E-state index is 0.660. The summed E-state index contributed by atoms with van der Waals surface area (Å²) in [6, 6.07) is 5.40. The number of anilines is 1. The van der Waals surface area contributed by atoms with Crippen LogP contribution in [-0.4, -0.2) is 17.0 Å². The van der Waals surface area contributed by atoms with Crippen molar-refractivity contribution in [3.8, 4) is 0 Å². The third-order valence-electron chi connectivity index (χ3n) is 2.60. The fourth-order valence-corrected chi connectivity index (χ4v) is 3.17. The van der Waals surface area contributed by atoms with E-state index in [-0.39, 0.29) is 0 Å². The van der Waals surface area contributed by atoms with E-state index in [1.807, 2.05) is 13.1 Å². The summed E-state index contributed by atoms with van der Waals surface area (Å²) in [6.45, 7) is 2.07. The average Bonchev–Trinajstić information content (AvgIpc) is 2.42. The highest BCUT2D eigenvalue weighted by atomic mass is 35.5. The van der Waals surface area contributed by atoms with Gasteiger partial charge in [0.25, 0.3) is 0 Å². The predicted octanol–water partition coefficient (Wildman–Crippen LogP) is 4.54. The summed E-state index contributed by atoms with van der Waals surface area (Å²) < 4.78 is 0. The molecule has 2 rings (SSSR count). The molecule has 0 bridgehead atoms. The van der Waals surface area contributed by atoms with E-state index in [4.69, 9.17) is 23.2 Å². The van der Waals surface area contributed by atoms with Crippen molar-refractivity contribution in [3.63, 3.8) is 0 Å². The Labute approximate surface area is 126 Å². The van der Waals surface area contributed by atoms with Gasteiger partial charge < -0.3 is 5.32 Å². The van der Waals surface area contributed by atoms with Crippen LogP contribution in [0.25, 0.3) is 0 Å². The smallest absolute Gasteiger partial charge is 0.133 e. The molecule has 0 saturated carbocycles. The maximum Gasteiger partial charge on any atom is 0.133 e. The molecule has 3 nitrogen and oxygen atoms in total. The van der Waals surface area contributed by atoms with E-state index in [1.165, 1.54) is 11.8 Å². The first kappa shape index (κ1) is 14.4. The second-order valence-corrected chi connectivity index (χ2v) is 5.66. The van der Waals surface area contributed by atoms with Crippen LogP contribution in [0.15, 0.2) is 34.4 Å². The van der Waals surface area contributed by atoms with Crippen LogP contribution in [0, 0.1) is 0 Å². The molecule has 0 spiro atoms. The molecule has 6 heteroatoms. The molecular formula is C13H13Cl2N3S. The number of aromatic nitrogens is 2. The molecule has 1 N–H and O–H groups in total. The fraction of sp³-hybridized carbons (Fsp3) is 0.231. The zero-order valence-electron chi connectivity index (χ0n) is 10.6. The minimum absolute atomic E-state index is 0.660. The highest BCUT2D eigenvalue weighted by Gasteiger charge is 2.12. The van der Waals surface area contributed by atoms with Gasteiger partial charge in [0.05, 0.1) is 5.02 Å². The Morgan fingerprint density at radius 1 is 1.26 bits per heavy atom. The minimum Gasteiger partial charge on any atom is -0.373 e. The van der Waals surface area contributed by atoms with E-state index >= 15 is 0 Å². The van der Waals surface area contributed by atoms with E-state index < -0.39 is 0 Å². The first-order valence-electron chi connectivity index (χ1n) is 5.80. The van der Waals surface area contributed by atoms with Crippen molar-refractivity contribution in [1.82, 2.24) is 9.97 Å². The largest absolute Gasteiger partial charge is 0.373 e. The molecular weight excluding hydrogens is 301 g/mol. The summed E-state index contributed by atoms with van der Waals surface area (Å²) in [5, 5.41) is 5.30. The van der Waals surface area contributed by atoms with Crippen molar-refractivity contribution < 1.29 is 0 Å². The summed E-state index contributed by atoms with van der Waals surface area (Å²) in [5.74, 6) is 0.846. The van der Waals surface area contributed by atoms with Gasteiger partial charge >= 0.3 is 0 Å². The molecule has 100 valence electrons. The molecule has 2 aromatic rings. The fourth-order valence-electron chi connectivity index (χ4n) is 1.68. The number of nitrogens with zero attached hydrogens (tertiary/aromatic N) is 2. The van der Waals surface area contributed by atoms with Gasteiger partial charge in [-0.25, -0.2) is 9.97 Å². The van der Waals surface area contributed by atoms with Crippen molar-refractivity contribution in [2.45, 2.75) is 23.3 Å². The molecule has 0 unspecified atom stereocenters. The van der Waals surface area contributed by atoms with Crippen LogP contribution < -0.4 is 5.32 Å². The molecule has 0 saturated heterocycles. The lowest BCUT2D eigenvalue weighted by molar-refractivity contribution is 0.946.